The van der Waals surface area contributed by atoms with Crippen LogP contribution < -0.4 is 0 Å². The van der Waals surface area contributed by atoms with Crippen molar-refractivity contribution >= 4 is 5.78 Å². The zero-order valence-corrected chi connectivity index (χ0v) is 13.1. The average molecular weight is 282 g/mol. The van der Waals surface area contributed by atoms with Gasteiger partial charge in [-0.3, -0.25) is 4.79 Å². The summed E-state index contributed by atoms with van der Waals surface area (Å²) in [5.74, 6) is 0.0961. The first-order valence-electron chi connectivity index (χ1n) is 7.20. The van der Waals surface area contributed by atoms with E-state index >= 15 is 0 Å². The van der Waals surface area contributed by atoms with Crippen molar-refractivity contribution in [2.75, 3.05) is 7.11 Å². The number of benzene rings is 2. The molecule has 0 fully saturated rings. The highest BCUT2D eigenvalue weighted by atomic mass is 16.5. The quantitative estimate of drug-likeness (QED) is 0.825. The third kappa shape index (κ3) is 3.59. The molecule has 2 heteroatoms. The fraction of sp³-hybridized carbons (Fsp3) is 0.316. The van der Waals surface area contributed by atoms with Crippen molar-refractivity contribution in [3.05, 3.63) is 70.3 Å². The van der Waals surface area contributed by atoms with E-state index in [-0.39, 0.29) is 5.78 Å². The van der Waals surface area contributed by atoms with Gasteiger partial charge in [-0.05, 0) is 43.0 Å². The molecule has 1 atom stereocenters. The summed E-state index contributed by atoms with van der Waals surface area (Å²) in [6.45, 7) is 6.20. The predicted molar refractivity (Wildman–Crippen MR) is 85.6 cm³/mol. The van der Waals surface area contributed by atoms with Crippen molar-refractivity contribution in [1.29, 1.82) is 0 Å². The Labute approximate surface area is 126 Å². The van der Waals surface area contributed by atoms with Crippen LogP contribution in [-0.2, 0) is 16.0 Å². The van der Waals surface area contributed by atoms with E-state index in [2.05, 4.69) is 32.9 Å². The molecular formula is C19H22O2. The molecular weight excluding hydrogens is 260 g/mol. The lowest BCUT2D eigenvalue weighted by Gasteiger charge is -2.17. The number of hydrogen-bond donors (Lipinski definition) is 0. The van der Waals surface area contributed by atoms with Crippen molar-refractivity contribution in [2.45, 2.75) is 33.3 Å². The number of aryl methyl sites for hydroxylation is 3. The summed E-state index contributed by atoms with van der Waals surface area (Å²) in [6, 6.07) is 13.9. The van der Waals surface area contributed by atoms with Gasteiger partial charge in [0.1, 0.15) is 6.10 Å². The molecule has 2 aromatic carbocycles. The van der Waals surface area contributed by atoms with Crippen molar-refractivity contribution in [2.24, 2.45) is 0 Å². The number of hydrogen-bond acceptors (Lipinski definition) is 2. The summed E-state index contributed by atoms with van der Waals surface area (Å²) in [5, 5.41) is 0. The van der Waals surface area contributed by atoms with Crippen molar-refractivity contribution in [3.63, 3.8) is 0 Å². The van der Waals surface area contributed by atoms with Gasteiger partial charge in [-0.15, -0.1) is 0 Å². The minimum Gasteiger partial charge on any atom is -0.369 e. The van der Waals surface area contributed by atoms with Gasteiger partial charge in [0.25, 0.3) is 0 Å². The van der Waals surface area contributed by atoms with Gasteiger partial charge in [0.2, 0.25) is 0 Å². The van der Waals surface area contributed by atoms with E-state index < -0.39 is 6.10 Å². The zero-order valence-electron chi connectivity index (χ0n) is 13.1. The van der Waals surface area contributed by atoms with Crippen LogP contribution in [0.25, 0.3) is 0 Å². The molecule has 0 saturated carbocycles. The smallest absolute Gasteiger partial charge is 0.170 e. The normalized spacial score (nSPS) is 12.2. The topological polar surface area (TPSA) is 26.3 Å². The van der Waals surface area contributed by atoms with Crippen LogP contribution in [-0.4, -0.2) is 12.9 Å². The van der Waals surface area contributed by atoms with Crippen LogP contribution in [0, 0.1) is 20.8 Å². The maximum Gasteiger partial charge on any atom is 0.170 e. The molecule has 1 unspecified atom stereocenters. The SMILES string of the molecule is COC(C(=O)Cc1c(C)cc(C)cc1C)c1ccccc1. The summed E-state index contributed by atoms with van der Waals surface area (Å²) in [6.07, 6.45) is -0.0861. The largest absolute Gasteiger partial charge is 0.369 e. The Kier molecular flexibility index (Phi) is 4.92. The third-order valence-electron chi connectivity index (χ3n) is 3.82. The van der Waals surface area contributed by atoms with Gasteiger partial charge in [-0.25, -0.2) is 0 Å². The maximum absolute atomic E-state index is 12.6. The first kappa shape index (κ1) is 15.5. The molecule has 0 aliphatic rings. The lowest BCUT2D eigenvalue weighted by atomic mass is 9.93. The Balaban J connectivity index is 2.25. The molecule has 0 aliphatic heterocycles. The van der Waals surface area contributed by atoms with Gasteiger partial charge in [0.05, 0.1) is 0 Å². The molecule has 0 heterocycles. The Bertz CT molecular complexity index is 606. The summed E-state index contributed by atoms with van der Waals surface area (Å²) < 4.78 is 5.42. The molecule has 0 aromatic heterocycles. The molecule has 0 aliphatic carbocycles. The molecule has 2 rings (SSSR count). The Morgan fingerprint density at radius 2 is 1.62 bits per heavy atom. The predicted octanol–water partition coefficient (Wildman–Crippen LogP) is 4.11. The van der Waals surface area contributed by atoms with Crippen LogP contribution in [0.15, 0.2) is 42.5 Å². The summed E-state index contributed by atoms with van der Waals surface area (Å²) in [7, 11) is 1.59. The minimum atomic E-state index is -0.494. The van der Waals surface area contributed by atoms with E-state index in [0.717, 1.165) is 11.1 Å². The standard InChI is InChI=1S/C19H22O2/c1-13-10-14(2)17(15(3)11-13)12-18(20)19(21-4)16-8-6-5-7-9-16/h5-11,19H,12H2,1-4H3. The molecule has 2 aromatic rings. The summed E-state index contributed by atoms with van der Waals surface area (Å²) >= 11 is 0. The fourth-order valence-electron chi connectivity index (χ4n) is 2.84. The lowest BCUT2D eigenvalue weighted by molar-refractivity contribution is -0.128. The minimum absolute atomic E-state index is 0.0961. The van der Waals surface area contributed by atoms with E-state index in [1.807, 2.05) is 30.3 Å². The number of methoxy groups -OCH3 is 1. The highest BCUT2D eigenvalue weighted by Gasteiger charge is 2.21. The van der Waals surface area contributed by atoms with Crippen molar-refractivity contribution in [3.8, 4) is 0 Å². The summed E-state index contributed by atoms with van der Waals surface area (Å²) in [4.78, 5) is 12.6. The molecule has 21 heavy (non-hydrogen) atoms. The molecule has 0 saturated heterocycles. The molecule has 0 amide bonds. The summed E-state index contributed by atoms with van der Waals surface area (Å²) in [5.41, 5.74) is 5.59. The first-order chi connectivity index (χ1) is 10.0. The van der Waals surface area contributed by atoms with E-state index in [0.29, 0.717) is 6.42 Å². The number of carbonyl (C=O) groups is 1. The van der Waals surface area contributed by atoms with Crippen LogP contribution >= 0.6 is 0 Å². The molecule has 0 spiro atoms. The Morgan fingerprint density at radius 3 is 2.14 bits per heavy atom. The van der Waals surface area contributed by atoms with Crippen LogP contribution in [0.5, 0.6) is 0 Å². The van der Waals surface area contributed by atoms with Gasteiger partial charge in [0, 0.05) is 13.5 Å². The maximum atomic E-state index is 12.6. The third-order valence-corrected chi connectivity index (χ3v) is 3.82. The van der Waals surface area contributed by atoms with Crippen molar-refractivity contribution in [1.82, 2.24) is 0 Å². The second-order valence-corrected chi connectivity index (χ2v) is 5.55. The number of ketones is 1. The zero-order chi connectivity index (χ0) is 15.4. The van der Waals surface area contributed by atoms with Gasteiger partial charge >= 0.3 is 0 Å². The highest BCUT2D eigenvalue weighted by Crippen LogP contribution is 2.23. The van der Waals surface area contributed by atoms with E-state index in [1.54, 1.807) is 7.11 Å². The van der Waals surface area contributed by atoms with Crippen LogP contribution in [0.2, 0.25) is 0 Å². The van der Waals surface area contributed by atoms with Crippen LogP contribution in [0.1, 0.15) is 33.9 Å². The van der Waals surface area contributed by atoms with Crippen LogP contribution in [0.4, 0.5) is 0 Å². The van der Waals surface area contributed by atoms with E-state index in [1.165, 1.54) is 16.7 Å². The fourth-order valence-corrected chi connectivity index (χ4v) is 2.84. The number of rotatable bonds is 5. The Morgan fingerprint density at radius 1 is 1.05 bits per heavy atom. The molecule has 2 nitrogen and oxygen atoms in total. The average Bonchev–Trinajstić information content (AvgIpc) is 2.45. The second-order valence-electron chi connectivity index (χ2n) is 5.55. The monoisotopic (exact) mass is 282 g/mol. The number of Topliss-reactive ketones (excluding diaryl/α,β-unsaturated/α-hetero) is 1. The number of carbonyl (C=O) groups excluding carboxylic acids is 1. The van der Waals surface area contributed by atoms with Crippen LogP contribution in [0.3, 0.4) is 0 Å². The van der Waals surface area contributed by atoms with E-state index in [9.17, 15) is 4.79 Å². The molecule has 110 valence electrons. The second kappa shape index (κ2) is 6.68. The number of ether oxygens (including phenoxy) is 1. The highest BCUT2D eigenvalue weighted by molar-refractivity contribution is 5.87. The van der Waals surface area contributed by atoms with Gasteiger partial charge in [-0.2, -0.15) is 0 Å². The Hall–Kier alpha value is -1.93. The molecule has 0 bridgehead atoms. The lowest BCUT2D eigenvalue weighted by Crippen LogP contribution is -2.18. The van der Waals surface area contributed by atoms with Crippen molar-refractivity contribution < 1.29 is 9.53 Å². The molecule has 0 radical (unpaired) electrons. The van der Waals surface area contributed by atoms with Gasteiger partial charge in [-0.1, -0.05) is 48.0 Å². The molecule has 0 N–H and O–H groups in total. The first-order valence-corrected chi connectivity index (χ1v) is 7.20. The van der Waals surface area contributed by atoms with E-state index in [4.69, 9.17) is 4.74 Å². The van der Waals surface area contributed by atoms with Gasteiger partial charge < -0.3 is 4.74 Å². The van der Waals surface area contributed by atoms with Gasteiger partial charge in [0.15, 0.2) is 5.78 Å².